The number of carbonyl (C=O) groups excluding carboxylic acids is 1. The number of carboxylic acid groups (broad SMARTS) is 1. The number of amides is 2. The Bertz CT molecular complexity index is 541. The lowest BCUT2D eigenvalue weighted by atomic mass is 10.0. The summed E-state index contributed by atoms with van der Waals surface area (Å²) in [6, 6.07) is 6.17. The van der Waals surface area contributed by atoms with Crippen LogP contribution in [0.5, 0.6) is 0 Å². The quantitative estimate of drug-likeness (QED) is 0.592. The molecule has 0 unspecified atom stereocenters. The van der Waals surface area contributed by atoms with Crippen LogP contribution in [0.2, 0.25) is 0 Å². The minimum Gasteiger partial charge on any atom is -0.478 e. The van der Waals surface area contributed by atoms with Crippen LogP contribution in [0.15, 0.2) is 24.3 Å². The number of hydrogen-bond acceptors (Lipinski definition) is 4. The Kier molecular flexibility index (Phi) is 8.21. The highest BCUT2D eigenvalue weighted by Gasteiger charge is 2.13. The molecule has 3 N–H and O–H groups in total. The van der Waals surface area contributed by atoms with E-state index in [2.05, 4.69) is 10.6 Å². The monoisotopic (exact) mass is 350 g/mol. The molecule has 1 aromatic rings. The first kappa shape index (κ1) is 19.2. The number of nitrogens with one attached hydrogen (secondary N) is 2. The molecular formula is C18H26N2O5. The average Bonchev–Trinajstić information content (AvgIpc) is 2.64. The fourth-order valence-corrected chi connectivity index (χ4v) is 2.55. The van der Waals surface area contributed by atoms with Crippen molar-refractivity contribution in [3.8, 4) is 0 Å². The normalized spacial score (nSPS) is 14.9. The van der Waals surface area contributed by atoms with E-state index in [-0.39, 0.29) is 11.6 Å². The third-order valence-electron chi connectivity index (χ3n) is 4.10. The van der Waals surface area contributed by atoms with Crippen molar-refractivity contribution in [3.63, 3.8) is 0 Å². The van der Waals surface area contributed by atoms with Crippen LogP contribution >= 0.6 is 0 Å². The summed E-state index contributed by atoms with van der Waals surface area (Å²) in [4.78, 5) is 22.5. The van der Waals surface area contributed by atoms with Crippen LogP contribution in [-0.4, -0.2) is 50.1 Å². The van der Waals surface area contributed by atoms with Crippen LogP contribution in [0.1, 0.15) is 35.2 Å². The predicted octanol–water partition coefficient (Wildman–Crippen LogP) is 2.02. The third kappa shape index (κ3) is 7.53. The molecule has 0 saturated carbocycles. The van der Waals surface area contributed by atoms with Gasteiger partial charge in [-0.3, -0.25) is 0 Å². The summed E-state index contributed by atoms with van der Waals surface area (Å²) in [7, 11) is 0. The summed E-state index contributed by atoms with van der Waals surface area (Å²) in [5.74, 6) is -0.367. The summed E-state index contributed by atoms with van der Waals surface area (Å²) >= 11 is 0. The van der Waals surface area contributed by atoms with Crippen LogP contribution in [-0.2, 0) is 16.0 Å². The van der Waals surface area contributed by atoms with Gasteiger partial charge in [0.25, 0.3) is 0 Å². The Labute approximate surface area is 147 Å². The summed E-state index contributed by atoms with van der Waals surface area (Å²) in [5.41, 5.74) is 1.08. The zero-order valence-electron chi connectivity index (χ0n) is 14.3. The van der Waals surface area contributed by atoms with E-state index in [0.717, 1.165) is 44.6 Å². The van der Waals surface area contributed by atoms with Gasteiger partial charge in [0.05, 0.1) is 5.56 Å². The maximum Gasteiger partial charge on any atom is 0.335 e. The van der Waals surface area contributed by atoms with E-state index in [4.69, 9.17) is 14.6 Å². The molecule has 1 heterocycles. The van der Waals surface area contributed by atoms with E-state index in [0.29, 0.717) is 25.6 Å². The maximum atomic E-state index is 11.7. The number of aromatic carboxylic acids is 1. The molecule has 1 aliphatic heterocycles. The number of rotatable bonds is 9. The van der Waals surface area contributed by atoms with Crippen molar-refractivity contribution in [2.75, 3.05) is 33.0 Å². The van der Waals surface area contributed by atoms with Crippen LogP contribution in [0.4, 0.5) is 4.79 Å². The van der Waals surface area contributed by atoms with Crippen molar-refractivity contribution in [2.45, 2.75) is 25.8 Å². The van der Waals surface area contributed by atoms with Gasteiger partial charge in [0.2, 0.25) is 0 Å². The second-order valence-corrected chi connectivity index (χ2v) is 6.10. The SMILES string of the molecule is O=C(NCCCOCC1CCOCC1)NCc1ccc(C(=O)O)cc1. The van der Waals surface area contributed by atoms with Crippen molar-refractivity contribution in [3.05, 3.63) is 35.4 Å². The number of ether oxygens (including phenoxy) is 2. The fourth-order valence-electron chi connectivity index (χ4n) is 2.55. The first-order valence-electron chi connectivity index (χ1n) is 8.64. The summed E-state index contributed by atoms with van der Waals surface area (Å²) < 4.78 is 10.9. The van der Waals surface area contributed by atoms with E-state index in [9.17, 15) is 9.59 Å². The third-order valence-corrected chi connectivity index (χ3v) is 4.10. The van der Waals surface area contributed by atoms with Gasteiger partial charge in [0.15, 0.2) is 0 Å². The fraction of sp³-hybridized carbons (Fsp3) is 0.556. The van der Waals surface area contributed by atoms with E-state index in [1.165, 1.54) is 12.1 Å². The first-order valence-corrected chi connectivity index (χ1v) is 8.64. The van der Waals surface area contributed by atoms with Crippen molar-refractivity contribution < 1.29 is 24.2 Å². The minimum absolute atomic E-state index is 0.231. The molecule has 0 radical (unpaired) electrons. The average molecular weight is 350 g/mol. The molecule has 7 heteroatoms. The van der Waals surface area contributed by atoms with Gasteiger partial charge in [-0.15, -0.1) is 0 Å². The van der Waals surface area contributed by atoms with Crippen molar-refractivity contribution >= 4 is 12.0 Å². The van der Waals surface area contributed by atoms with E-state index >= 15 is 0 Å². The second kappa shape index (κ2) is 10.7. The number of carboxylic acids is 1. The highest BCUT2D eigenvalue weighted by Crippen LogP contribution is 2.14. The van der Waals surface area contributed by atoms with Gasteiger partial charge in [-0.05, 0) is 42.9 Å². The topological polar surface area (TPSA) is 96.9 Å². The zero-order chi connectivity index (χ0) is 17.9. The second-order valence-electron chi connectivity index (χ2n) is 6.10. The molecule has 25 heavy (non-hydrogen) atoms. The number of urea groups is 1. The van der Waals surface area contributed by atoms with Gasteiger partial charge < -0.3 is 25.2 Å². The molecule has 1 fully saturated rings. The Morgan fingerprint density at radius 2 is 1.88 bits per heavy atom. The largest absolute Gasteiger partial charge is 0.478 e. The minimum atomic E-state index is -0.962. The molecule has 1 aromatic carbocycles. The zero-order valence-corrected chi connectivity index (χ0v) is 14.3. The Hall–Kier alpha value is -2.12. The van der Waals surface area contributed by atoms with Gasteiger partial charge in [-0.1, -0.05) is 12.1 Å². The summed E-state index contributed by atoms with van der Waals surface area (Å²) in [5, 5.41) is 14.3. The summed E-state index contributed by atoms with van der Waals surface area (Å²) in [6.07, 6.45) is 2.89. The Morgan fingerprint density at radius 3 is 2.56 bits per heavy atom. The molecule has 1 aliphatic rings. The lowest BCUT2D eigenvalue weighted by molar-refractivity contribution is 0.0203. The molecule has 138 valence electrons. The highest BCUT2D eigenvalue weighted by molar-refractivity contribution is 5.87. The lowest BCUT2D eigenvalue weighted by Crippen LogP contribution is -2.35. The standard InChI is InChI=1S/C18H26N2O5/c21-17(22)16-4-2-14(3-5-16)12-20-18(23)19-8-1-9-25-13-15-6-10-24-11-7-15/h2-5,15H,1,6-13H2,(H,21,22)(H2,19,20,23). The Morgan fingerprint density at radius 1 is 1.16 bits per heavy atom. The first-order chi connectivity index (χ1) is 12.1. The Balaban J connectivity index is 1.50. The number of carbonyl (C=O) groups is 2. The van der Waals surface area contributed by atoms with Gasteiger partial charge >= 0.3 is 12.0 Å². The molecule has 7 nitrogen and oxygen atoms in total. The van der Waals surface area contributed by atoms with Crippen molar-refractivity contribution in [1.29, 1.82) is 0 Å². The molecule has 0 bridgehead atoms. The molecule has 1 saturated heterocycles. The number of benzene rings is 1. The molecule has 0 spiro atoms. The van der Waals surface area contributed by atoms with Crippen LogP contribution in [0, 0.1) is 5.92 Å². The molecule has 0 aromatic heterocycles. The predicted molar refractivity (Wildman–Crippen MR) is 92.6 cm³/mol. The van der Waals surface area contributed by atoms with Gasteiger partial charge in [-0.2, -0.15) is 0 Å². The van der Waals surface area contributed by atoms with E-state index < -0.39 is 5.97 Å². The molecule has 2 amide bonds. The van der Waals surface area contributed by atoms with Gasteiger partial charge in [0.1, 0.15) is 0 Å². The molecule has 0 atom stereocenters. The maximum absolute atomic E-state index is 11.7. The number of hydrogen-bond donors (Lipinski definition) is 3. The van der Waals surface area contributed by atoms with Crippen LogP contribution in [0.25, 0.3) is 0 Å². The van der Waals surface area contributed by atoms with Crippen LogP contribution < -0.4 is 10.6 Å². The van der Waals surface area contributed by atoms with Crippen molar-refractivity contribution in [1.82, 2.24) is 10.6 Å². The highest BCUT2D eigenvalue weighted by atomic mass is 16.5. The van der Waals surface area contributed by atoms with Crippen molar-refractivity contribution in [2.24, 2.45) is 5.92 Å². The lowest BCUT2D eigenvalue weighted by Gasteiger charge is -2.21. The van der Waals surface area contributed by atoms with E-state index in [1.54, 1.807) is 12.1 Å². The molecule has 0 aliphatic carbocycles. The smallest absolute Gasteiger partial charge is 0.335 e. The summed E-state index contributed by atoms with van der Waals surface area (Å²) in [6.45, 7) is 3.96. The molecular weight excluding hydrogens is 324 g/mol. The van der Waals surface area contributed by atoms with Gasteiger partial charge in [0, 0.05) is 39.5 Å². The van der Waals surface area contributed by atoms with E-state index in [1.807, 2.05) is 0 Å². The van der Waals surface area contributed by atoms with Crippen LogP contribution in [0.3, 0.4) is 0 Å². The molecule has 2 rings (SSSR count). The van der Waals surface area contributed by atoms with Gasteiger partial charge in [-0.25, -0.2) is 9.59 Å².